The van der Waals surface area contributed by atoms with Crippen LogP contribution in [0.1, 0.15) is 23.9 Å². The second kappa shape index (κ2) is 10.1. The third-order valence-electron chi connectivity index (χ3n) is 4.31. The van der Waals surface area contributed by atoms with Crippen molar-refractivity contribution in [3.05, 3.63) is 53.1 Å². The number of benzene rings is 1. The molecule has 1 N–H and O–H groups in total. The number of hydrogen-bond donors (Lipinski definition) is 1. The molecule has 0 amide bonds. The molecule has 2 heterocycles. The third-order valence-corrected chi connectivity index (χ3v) is 5.78. The van der Waals surface area contributed by atoms with Crippen LogP contribution in [0.4, 0.5) is 27.9 Å². The maximum atomic E-state index is 13.0. The lowest BCUT2D eigenvalue weighted by Crippen LogP contribution is -2.42. The first kappa shape index (κ1) is 25.7. The Morgan fingerprint density at radius 1 is 1.12 bits per heavy atom. The van der Waals surface area contributed by atoms with Gasteiger partial charge in [0.15, 0.2) is 0 Å². The first-order chi connectivity index (χ1) is 15.8. The zero-order valence-corrected chi connectivity index (χ0v) is 18.7. The van der Waals surface area contributed by atoms with Crippen LogP contribution < -0.4 is 5.32 Å². The zero-order chi connectivity index (χ0) is 25.1. The molecule has 3 rings (SSSR count). The number of halogens is 6. The number of anilines is 1. The SMILES string of the molecule is CS(=O)(=O)N(CC(Nc1ncc(-c2nnc(C(F)F)o2)cn1)c1ccc(Cl)cc1)CC(F)(F)F. The predicted molar refractivity (Wildman–Crippen MR) is 111 cm³/mol. The highest BCUT2D eigenvalue weighted by Gasteiger charge is 2.36. The van der Waals surface area contributed by atoms with Crippen molar-refractivity contribution in [3.8, 4) is 11.5 Å². The summed E-state index contributed by atoms with van der Waals surface area (Å²) in [6.45, 7) is -2.30. The molecule has 1 unspecified atom stereocenters. The van der Waals surface area contributed by atoms with Crippen molar-refractivity contribution >= 4 is 27.6 Å². The van der Waals surface area contributed by atoms with Crippen molar-refractivity contribution in [2.45, 2.75) is 18.6 Å². The lowest BCUT2D eigenvalue weighted by molar-refractivity contribution is -0.136. The van der Waals surface area contributed by atoms with Crippen LogP contribution in [0.25, 0.3) is 11.5 Å². The smallest absolute Gasteiger partial charge is 0.402 e. The molecule has 0 spiro atoms. The topological polar surface area (TPSA) is 114 Å². The highest BCUT2D eigenvalue weighted by atomic mass is 35.5. The maximum absolute atomic E-state index is 13.0. The van der Waals surface area contributed by atoms with Crippen LogP contribution in [-0.4, -0.2) is 58.4 Å². The van der Waals surface area contributed by atoms with Gasteiger partial charge in [0.05, 0.1) is 17.9 Å². The molecular formula is C18H16ClF5N6O3S. The Hall–Kier alpha value is -2.91. The van der Waals surface area contributed by atoms with Gasteiger partial charge in [0, 0.05) is 24.0 Å². The fraction of sp³-hybridized carbons (Fsp3) is 0.333. The van der Waals surface area contributed by atoms with Gasteiger partial charge < -0.3 is 9.73 Å². The summed E-state index contributed by atoms with van der Waals surface area (Å²) < 4.78 is 93.3. The molecular weight excluding hydrogens is 511 g/mol. The van der Waals surface area contributed by atoms with Crippen molar-refractivity contribution in [1.29, 1.82) is 0 Å². The van der Waals surface area contributed by atoms with E-state index in [0.29, 0.717) is 16.8 Å². The highest BCUT2D eigenvalue weighted by molar-refractivity contribution is 7.88. The molecule has 0 saturated carbocycles. The molecule has 9 nitrogen and oxygen atoms in total. The molecule has 0 bridgehead atoms. The molecule has 0 saturated heterocycles. The van der Waals surface area contributed by atoms with Crippen molar-refractivity contribution < 1.29 is 34.8 Å². The minimum atomic E-state index is -4.77. The monoisotopic (exact) mass is 526 g/mol. The van der Waals surface area contributed by atoms with Gasteiger partial charge in [0.25, 0.3) is 11.8 Å². The minimum Gasteiger partial charge on any atom is -0.415 e. The van der Waals surface area contributed by atoms with Crippen LogP contribution in [0.15, 0.2) is 41.1 Å². The Bertz CT molecular complexity index is 1210. The van der Waals surface area contributed by atoms with Crippen molar-refractivity contribution in [3.63, 3.8) is 0 Å². The summed E-state index contributed by atoms with van der Waals surface area (Å²) in [7, 11) is -4.23. The van der Waals surface area contributed by atoms with E-state index in [1.54, 1.807) is 0 Å². The van der Waals surface area contributed by atoms with Crippen molar-refractivity contribution in [1.82, 2.24) is 24.5 Å². The molecule has 1 atom stereocenters. The molecule has 184 valence electrons. The number of nitrogens with zero attached hydrogens (tertiary/aromatic N) is 5. The van der Waals surface area contributed by atoms with Crippen LogP contribution in [0.2, 0.25) is 5.02 Å². The number of aromatic nitrogens is 4. The second-order valence-electron chi connectivity index (χ2n) is 6.96. The Morgan fingerprint density at radius 3 is 2.24 bits per heavy atom. The zero-order valence-electron chi connectivity index (χ0n) is 17.2. The number of alkyl halides is 5. The second-order valence-corrected chi connectivity index (χ2v) is 9.38. The van der Waals surface area contributed by atoms with E-state index >= 15 is 0 Å². The Kier molecular flexibility index (Phi) is 7.67. The minimum absolute atomic E-state index is 0.0854. The molecule has 0 radical (unpaired) electrons. The number of sulfonamides is 1. The highest BCUT2D eigenvalue weighted by Crippen LogP contribution is 2.26. The van der Waals surface area contributed by atoms with Crippen molar-refractivity contribution in [2.24, 2.45) is 0 Å². The summed E-state index contributed by atoms with van der Waals surface area (Å²) in [4.78, 5) is 7.96. The van der Waals surface area contributed by atoms with Gasteiger partial charge in [0.2, 0.25) is 16.0 Å². The molecule has 0 aliphatic rings. The molecule has 0 aliphatic heterocycles. The molecule has 34 heavy (non-hydrogen) atoms. The fourth-order valence-electron chi connectivity index (χ4n) is 2.76. The van der Waals surface area contributed by atoms with E-state index < -0.39 is 47.6 Å². The van der Waals surface area contributed by atoms with Crippen molar-refractivity contribution in [2.75, 3.05) is 24.7 Å². The van der Waals surface area contributed by atoms with E-state index in [-0.39, 0.29) is 21.7 Å². The van der Waals surface area contributed by atoms with Gasteiger partial charge in [-0.25, -0.2) is 18.4 Å². The summed E-state index contributed by atoms with van der Waals surface area (Å²) in [6.07, 6.45) is -4.73. The fourth-order valence-corrected chi connectivity index (χ4v) is 3.69. The number of rotatable bonds is 9. The van der Waals surface area contributed by atoms with Gasteiger partial charge in [-0.2, -0.15) is 26.3 Å². The normalized spacial score (nSPS) is 13.4. The van der Waals surface area contributed by atoms with Crippen LogP contribution in [0.3, 0.4) is 0 Å². The maximum Gasteiger partial charge on any atom is 0.402 e. The Morgan fingerprint density at radius 2 is 1.74 bits per heavy atom. The van der Waals surface area contributed by atoms with Gasteiger partial charge in [-0.3, -0.25) is 0 Å². The van der Waals surface area contributed by atoms with E-state index in [1.165, 1.54) is 36.7 Å². The molecule has 1 aromatic carbocycles. The molecule has 16 heteroatoms. The predicted octanol–water partition coefficient (Wildman–Crippen LogP) is 4.09. The molecule has 3 aromatic rings. The van der Waals surface area contributed by atoms with E-state index in [0.717, 1.165) is 0 Å². The Balaban J connectivity index is 1.87. The molecule has 0 fully saturated rings. The van der Waals surface area contributed by atoms with Gasteiger partial charge >= 0.3 is 12.6 Å². The van der Waals surface area contributed by atoms with Gasteiger partial charge in [0.1, 0.15) is 6.54 Å². The molecule has 0 aliphatic carbocycles. The van der Waals surface area contributed by atoms with E-state index in [2.05, 4.69) is 25.5 Å². The van der Waals surface area contributed by atoms with Gasteiger partial charge in [-0.15, -0.1) is 10.2 Å². The summed E-state index contributed by atoms with van der Waals surface area (Å²) >= 11 is 5.87. The van der Waals surface area contributed by atoms with Crippen LogP contribution in [0, 0.1) is 0 Å². The van der Waals surface area contributed by atoms with Crippen LogP contribution in [0.5, 0.6) is 0 Å². The standard InChI is InChI=1S/C18H16ClF5N6O3S/c1-34(31,32)30(9-18(22,23)24)8-13(10-2-4-12(19)5-3-10)27-17-25-6-11(7-26-17)15-28-29-16(33-15)14(20)21/h2-7,13-14H,8-9H2,1H3,(H,25,26,27). The van der Waals surface area contributed by atoms with E-state index in [9.17, 15) is 30.4 Å². The van der Waals surface area contributed by atoms with E-state index in [4.69, 9.17) is 16.0 Å². The summed E-state index contributed by atoms with van der Waals surface area (Å²) in [5, 5.41) is 9.80. The average Bonchev–Trinajstić information content (AvgIpc) is 3.23. The summed E-state index contributed by atoms with van der Waals surface area (Å²) in [5.74, 6) is -1.23. The first-order valence-corrected chi connectivity index (χ1v) is 11.5. The van der Waals surface area contributed by atoms with Crippen LogP contribution >= 0.6 is 11.6 Å². The van der Waals surface area contributed by atoms with Gasteiger partial charge in [-0.05, 0) is 17.7 Å². The molecule has 2 aromatic heterocycles. The summed E-state index contributed by atoms with van der Waals surface area (Å²) in [6, 6.07) is 4.98. The average molecular weight is 527 g/mol. The van der Waals surface area contributed by atoms with Crippen LogP contribution in [-0.2, 0) is 10.0 Å². The van der Waals surface area contributed by atoms with Gasteiger partial charge in [-0.1, -0.05) is 23.7 Å². The summed E-state index contributed by atoms with van der Waals surface area (Å²) in [5.41, 5.74) is 0.522. The largest absolute Gasteiger partial charge is 0.415 e. The quantitative estimate of drug-likeness (QED) is 0.415. The number of hydrogen-bond acceptors (Lipinski definition) is 8. The first-order valence-electron chi connectivity index (χ1n) is 9.29. The lowest BCUT2D eigenvalue weighted by Gasteiger charge is -2.27. The lowest BCUT2D eigenvalue weighted by atomic mass is 10.1. The van der Waals surface area contributed by atoms with E-state index in [1.807, 2.05) is 0 Å². The number of nitrogens with one attached hydrogen (secondary N) is 1. The Labute approximate surface area is 195 Å². The third kappa shape index (κ3) is 7.04.